The molecule has 2 aromatic carbocycles. The second-order valence-electron chi connectivity index (χ2n) is 9.98. The summed E-state index contributed by atoms with van der Waals surface area (Å²) >= 11 is 0. The van der Waals surface area contributed by atoms with Gasteiger partial charge in [-0.1, -0.05) is 0 Å². The van der Waals surface area contributed by atoms with Crippen LogP contribution in [0.2, 0.25) is 0 Å². The van der Waals surface area contributed by atoms with Crippen LogP contribution in [0, 0.1) is 0 Å². The lowest BCUT2D eigenvalue weighted by atomic mass is 9.99. The summed E-state index contributed by atoms with van der Waals surface area (Å²) in [4.78, 5) is 13.6. The summed E-state index contributed by atoms with van der Waals surface area (Å²) in [7, 11) is 1.28. The Morgan fingerprint density at radius 2 is 1.58 bits per heavy atom. The second kappa shape index (κ2) is 12.1. The molecule has 9 N–H and O–H groups in total. The highest BCUT2D eigenvalue weighted by molar-refractivity contribution is 5.88. The van der Waals surface area contributed by atoms with Crippen molar-refractivity contribution < 1.29 is 74.1 Å². The minimum Gasteiger partial charge on any atom is -0.508 e. The maximum atomic E-state index is 13.6. The van der Waals surface area contributed by atoms with Crippen LogP contribution in [-0.4, -0.2) is 122 Å². The molecule has 2 fully saturated rings. The van der Waals surface area contributed by atoms with E-state index in [-0.39, 0.29) is 35.0 Å². The van der Waals surface area contributed by atoms with Gasteiger partial charge in [-0.05, 0) is 18.2 Å². The van der Waals surface area contributed by atoms with Gasteiger partial charge < -0.3 is 74.1 Å². The van der Waals surface area contributed by atoms with Crippen LogP contribution >= 0.6 is 0 Å². The predicted molar refractivity (Wildman–Crippen MR) is 141 cm³/mol. The third kappa shape index (κ3) is 5.67. The van der Waals surface area contributed by atoms with Crippen LogP contribution in [-0.2, 0) is 9.47 Å². The van der Waals surface area contributed by atoms with Crippen LogP contribution in [0.1, 0.15) is 0 Å². The number of benzene rings is 2. The van der Waals surface area contributed by atoms with Gasteiger partial charge in [0.05, 0.1) is 20.3 Å². The predicted octanol–water partition coefficient (Wildman–Crippen LogP) is -2.12. The topological polar surface area (TPSA) is 258 Å². The van der Waals surface area contributed by atoms with E-state index in [4.69, 9.17) is 28.1 Å². The fourth-order valence-electron chi connectivity index (χ4n) is 4.76. The zero-order chi connectivity index (χ0) is 31.2. The molecule has 1 aromatic heterocycles. The van der Waals surface area contributed by atoms with Gasteiger partial charge in [0.1, 0.15) is 65.2 Å². The Morgan fingerprint density at radius 3 is 2.28 bits per heavy atom. The van der Waals surface area contributed by atoms with Gasteiger partial charge in [0, 0.05) is 17.7 Å². The summed E-state index contributed by atoms with van der Waals surface area (Å²) in [5, 5.41) is 90.2. The average Bonchev–Trinajstić information content (AvgIpc) is 2.98. The Labute approximate surface area is 241 Å². The van der Waals surface area contributed by atoms with Crippen LogP contribution in [0.4, 0.5) is 0 Å². The molecule has 3 heterocycles. The Bertz CT molecular complexity index is 1520. The van der Waals surface area contributed by atoms with E-state index in [1.807, 2.05) is 0 Å². The van der Waals surface area contributed by atoms with Crippen molar-refractivity contribution in [3.8, 4) is 40.1 Å². The molecule has 2 aliphatic rings. The lowest BCUT2D eigenvalue weighted by molar-refractivity contribution is -0.277. The Kier molecular flexibility index (Phi) is 8.66. The van der Waals surface area contributed by atoms with Crippen molar-refractivity contribution in [2.75, 3.05) is 20.3 Å². The largest absolute Gasteiger partial charge is 0.508 e. The van der Waals surface area contributed by atoms with E-state index in [2.05, 4.69) is 0 Å². The standard InChI is InChI=1S/C27H30O16/c1-38-14-4-9(2-3-13(14)41-26-22(36)18(32)12(31)8-39-26)24-25(20(34)17-11(30)5-10(29)6-15(17)40-24)43-27-23(37)21(35)19(33)16(7-28)42-27/h2-6,12,16,18-19,21-23,26-33,35-37H,7-8H2,1H3/t12-,16-,18+,19-,21+,22-,23-,26+,27+/m0/s1. The first-order chi connectivity index (χ1) is 20.4. The molecule has 9 atom stereocenters. The number of ether oxygens (including phenoxy) is 5. The van der Waals surface area contributed by atoms with Crippen molar-refractivity contribution in [2.45, 2.75) is 55.3 Å². The smallest absolute Gasteiger partial charge is 0.239 e. The van der Waals surface area contributed by atoms with E-state index in [1.54, 1.807) is 0 Å². The molecule has 0 bridgehead atoms. The highest BCUT2D eigenvalue weighted by atomic mass is 16.7. The normalized spacial score (nSPS) is 31.1. The highest BCUT2D eigenvalue weighted by Gasteiger charge is 2.45. The second-order valence-corrected chi connectivity index (χ2v) is 9.98. The van der Waals surface area contributed by atoms with Crippen LogP contribution < -0.4 is 19.6 Å². The van der Waals surface area contributed by atoms with Gasteiger partial charge in [0.2, 0.25) is 23.8 Å². The number of fused-ring (bicyclic) bond motifs is 1. The summed E-state index contributed by atoms with van der Waals surface area (Å²) in [5.41, 5.74) is -1.15. The maximum absolute atomic E-state index is 13.6. The molecule has 0 aliphatic carbocycles. The quantitative estimate of drug-likeness (QED) is 0.138. The fraction of sp³-hybridized carbons (Fsp3) is 0.444. The monoisotopic (exact) mass is 610 g/mol. The molecule has 0 amide bonds. The van der Waals surface area contributed by atoms with Crippen molar-refractivity contribution in [1.29, 1.82) is 0 Å². The van der Waals surface area contributed by atoms with Crippen LogP contribution in [0.3, 0.4) is 0 Å². The van der Waals surface area contributed by atoms with E-state index in [1.165, 1.54) is 25.3 Å². The van der Waals surface area contributed by atoms with E-state index in [0.717, 1.165) is 12.1 Å². The summed E-state index contributed by atoms with van der Waals surface area (Å²) in [5.74, 6) is -2.02. The lowest BCUT2D eigenvalue weighted by Gasteiger charge is -2.39. The molecular weight excluding hydrogens is 580 g/mol. The summed E-state index contributed by atoms with van der Waals surface area (Å²) < 4.78 is 33.2. The molecule has 234 valence electrons. The molecule has 0 unspecified atom stereocenters. The van der Waals surface area contributed by atoms with Gasteiger partial charge in [0.15, 0.2) is 17.3 Å². The van der Waals surface area contributed by atoms with Crippen molar-refractivity contribution in [1.82, 2.24) is 0 Å². The van der Waals surface area contributed by atoms with E-state index in [9.17, 15) is 50.8 Å². The molecule has 2 aliphatic heterocycles. The van der Waals surface area contributed by atoms with Crippen molar-refractivity contribution in [3.63, 3.8) is 0 Å². The molecule has 0 saturated carbocycles. The SMILES string of the molecule is COc1cc(-c2oc3cc(O)cc(O)c3c(=O)c2O[C@H]2O[C@@H](CO)[C@H](O)[C@@H](O)[C@@H]2O)ccc1O[C@H]1OC[C@H](O)[C@@H](O)[C@@H]1O. The molecule has 16 heteroatoms. The van der Waals surface area contributed by atoms with Gasteiger partial charge in [-0.3, -0.25) is 4.79 Å². The first-order valence-corrected chi connectivity index (χ1v) is 13.0. The summed E-state index contributed by atoms with van der Waals surface area (Å²) in [6.45, 7) is -1.08. The minimum atomic E-state index is -1.89. The number of methoxy groups -OCH3 is 1. The molecule has 3 aromatic rings. The Balaban J connectivity index is 1.58. The maximum Gasteiger partial charge on any atom is 0.239 e. The number of hydrogen-bond donors (Lipinski definition) is 9. The van der Waals surface area contributed by atoms with Crippen LogP contribution in [0.15, 0.2) is 39.5 Å². The third-order valence-corrected chi connectivity index (χ3v) is 7.12. The van der Waals surface area contributed by atoms with Gasteiger partial charge >= 0.3 is 0 Å². The average molecular weight is 611 g/mol. The molecule has 5 rings (SSSR count). The molecular formula is C27H30O16. The van der Waals surface area contributed by atoms with Crippen LogP contribution in [0.5, 0.6) is 28.7 Å². The Hall–Kier alpha value is -3.71. The number of phenolic OH excluding ortho intramolecular Hbond substituents is 2. The molecule has 16 nitrogen and oxygen atoms in total. The minimum absolute atomic E-state index is 0.00807. The molecule has 2 saturated heterocycles. The van der Waals surface area contributed by atoms with E-state index < -0.39 is 90.0 Å². The van der Waals surface area contributed by atoms with E-state index >= 15 is 0 Å². The van der Waals surface area contributed by atoms with Gasteiger partial charge in [-0.25, -0.2) is 0 Å². The number of rotatable bonds is 7. The zero-order valence-electron chi connectivity index (χ0n) is 22.4. The van der Waals surface area contributed by atoms with Crippen LogP contribution in [0.25, 0.3) is 22.3 Å². The first-order valence-electron chi connectivity index (χ1n) is 13.0. The Morgan fingerprint density at radius 1 is 0.860 bits per heavy atom. The van der Waals surface area contributed by atoms with Gasteiger partial charge in [0.25, 0.3) is 0 Å². The van der Waals surface area contributed by atoms with Gasteiger partial charge in [-0.15, -0.1) is 0 Å². The van der Waals surface area contributed by atoms with Crippen molar-refractivity contribution >= 4 is 11.0 Å². The van der Waals surface area contributed by atoms with Crippen molar-refractivity contribution in [3.05, 3.63) is 40.6 Å². The van der Waals surface area contributed by atoms with Crippen molar-refractivity contribution in [2.24, 2.45) is 0 Å². The van der Waals surface area contributed by atoms with E-state index in [0.29, 0.717) is 0 Å². The zero-order valence-corrected chi connectivity index (χ0v) is 22.4. The molecule has 0 radical (unpaired) electrons. The summed E-state index contributed by atoms with van der Waals surface area (Å²) in [6, 6.07) is 5.98. The molecule has 43 heavy (non-hydrogen) atoms. The lowest BCUT2D eigenvalue weighted by Crippen LogP contribution is -2.60. The van der Waals surface area contributed by atoms with Gasteiger partial charge in [-0.2, -0.15) is 0 Å². The fourth-order valence-corrected chi connectivity index (χ4v) is 4.76. The highest BCUT2D eigenvalue weighted by Crippen LogP contribution is 2.40. The number of aliphatic hydroxyl groups excluding tert-OH is 7. The first kappa shape index (κ1) is 30.7. The third-order valence-electron chi connectivity index (χ3n) is 7.12. The summed E-state index contributed by atoms with van der Waals surface area (Å²) in [6.07, 6.45) is -14.4. The number of aliphatic hydroxyl groups is 7. The number of phenols is 2. The number of hydrogen-bond acceptors (Lipinski definition) is 16. The molecule has 0 spiro atoms. The number of aromatic hydroxyl groups is 2.